The van der Waals surface area contributed by atoms with Gasteiger partial charge in [-0.2, -0.15) is 0 Å². The number of halogens is 1. The first-order chi connectivity index (χ1) is 9.02. The Morgan fingerprint density at radius 3 is 2.84 bits per heavy atom. The van der Waals surface area contributed by atoms with Gasteiger partial charge in [0.05, 0.1) is 5.92 Å². The summed E-state index contributed by atoms with van der Waals surface area (Å²) in [6, 6.07) is 5.84. The standard InChI is InChI=1S/C14H17BrN2O2/c1-9-2-3-10(14(16)19)7-17(9)13-6-12(15)5-4-11(13)8-18/h4-6,8-10H,2-3,7H2,1H3,(H2,16,19). The predicted molar refractivity (Wildman–Crippen MR) is 78.3 cm³/mol. The van der Waals surface area contributed by atoms with Gasteiger partial charge in [0.25, 0.3) is 0 Å². The summed E-state index contributed by atoms with van der Waals surface area (Å²) in [6.07, 6.45) is 2.57. The fraction of sp³-hybridized carbons (Fsp3) is 0.429. The lowest BCUT2D eigenvalue weighted by Crippen LogP contribution is -2.46. The van der Waals surface area contributed by atoms with Crippen molar-refractivity contribution in [1.29, 1.82) is 0 Å². The van der Waals surface area contributed by atoms with Gasteiger partial charge < -0.3 is 10.6 Å². The molecule has 1 aromatic carbocycles. The molecule has 0 spiro atoms. The lowest BCUT2D eigenvalue weighted by atomic mass is 9.92. The van der Waals surface area contributed by atoms with E-state index in [1.54, 1.807) is 6.07 Å². The van der Waals surface area contributed by atoms with E-state index in [4.69, 9.17) is 5.73 Å². The van der Waals surface area contributed by atoms with E-state index in [1.165, 1.54) is 0 Å². The van der Waals surface area contributed by atoms with Gasteiger partial charge >= 0.3 is 0 Å². The highest BCUT2D eigenvalue weighted by Gasteiger charge is 2.29. The zero-order valence-electron chi connectivity index (χ0n) is 10.8. The van der Waals surface area contributed by atoms with E-state index in [9.17, 15) is 9.59 Å². The summed E-state index contributed by atoms with van der Waals surface area (Å²) in [4.78, 5) is 24.7. The van der Waals surface area contributed by atoms with Crippen molar-refractivity contribution in [2.75, 3.05) is 11.4 Å². The number of primary amides is 1. The Kier molecular flexibility index (Phi) is 4.24. The maximum atomic E-state index is 11.4. The molecule has 19 heavy (non-hydrogen) atoms. The zero-order valence-corrected chi connectivity index (χ0v) is 12.4. The van der Waals surface area contributed by atoms with Crippen LogP contribution in [0.1, 0.15) is 30.1 Å². The first-order valence-electron chi connectivity index (χ1n) is 6.33. The van der Waals surface area contributed by atoms with Crippen LogP contribution in [0.4, 0.5) is 5.69 Å². The van der Waals surface area contributed by atoms with Crippen molar-refractivity contribution in [2.24, 2.45) is 11.7 Å². The van der Waals surface area contributed by atoms with E-state index in [1.807, 2.05) is 12.1 Å². The minimum atomic E-state index is -0.264. The number of piperidine rings is 1. The summed E-state index contributed by atoms with van der Waals surface area (Å²) >= 11 is 3.42. The molecule has 4 nitrogen and oxygen atoms in total. The maximum Gasteiger partial charge on any atom is 0.222 e. The predicted octanol–water partition coefficient (Wildman–Crippen LogP) is 2.35. The molecule has 1 amide bonds. The van der Waals surface area contributed by atoms with Crippen LogP contribution >= 0.6 is 15.9 Å². The second-order valence-electron chi connectivity index (χ2n) is 5.00. The Balaban J connectivity index is 2.35. The molecule has 1 fully saturated rings. The van der Waals surface area contributed by atoms with Crippen molar-refractivity contribution in [2.45, 2.75) is 25.8 Å². The smallest absolute Gasteiger partial charge is 0.222 e. The van der Waals surface area contributed by atoms with Crippen LogP contribution in [0.25, 0.3) is 0 Å². The maximum absolute atomic E-state index is 11.4. The Morgan fingerprint density at radius 2 is 2.21 bits per heavy atom. The summed E-state index contributed by atoms with van der Waals surface area (Å²) in [5.74, 6) is -0.408. The van der Waals surface area contributed by atoms with Crippen molar-refractivity contribution in [3.05, 3.63) is 28.2 Å². The van der Waals surface area contributed by atoms with Crippen LogP contribution in [-0.4, -0.2) is 24.8 Å². The fourth-order valence-electron chi connectivity index (χ4n) is 2.54. The number of nitrogens with two attached hydrogens (primary N) is 1. The van der Waals surface area contributed by atoms with Gasteiger partial charge in [-0.15, -0.1) is 0 Å². The zero-order chi connectivity index (χ0) is 14.0. The average molecular weight is 325 g/mol. The van der Waals surface area contributed by atoms with Crippen LogP contribution in [0.2, 0.25) is 0 Å². The average Bonchev–Trinajstić information content (AvgIpc) is 2.39. The molecule has 0 saturated carbocycles. The summed E-state index contributed by atoms with van der Waals surface area (Å²) < 4.78 is 0.918. The van der Waals surface area contributed by atoms with Gasteiger partial charge in [-0.3, -0.25) is 9.59 Å². The summed E-state index contributed by atoms with van der Waals surface area (Å²) in [5.41, 5.74) is 6.91. The van der Waals surface area contributed by atoms with Gasteiger partial charge in [0.2, 0.25) is 5.91 Å². The molecule has 1 aliphatic heterocycles. The lowest BCUT2D eigenvalue weighted by Gasteiger charge is -2.39. The molecule has 2 rings (SSSR count). The minimum Gasteiger partial charge on any atom is -0.369 e. The molecule has 1 heterocycles. The number of anilines is 1. The second kappa shape index (κ2) is 5.74. The van der Waals surface area contributed by atoms with Crippen LogP contribution in [0, 0.1) is 5.92 Å². The van der Waals surface area contributed by atoms with Crippen molar-refractivity contribution in [3.8, 4) is 0 Å². The van der Waals surface area contributed by atoms with E-state index in [0.717, 1.165) is 29.3 Å². The number of carbonyl (C=O) groups is 2. The molecule has 2 N–H and O–H groups in total. The first kappa shape index (κ1) is 14.1. The van der Waals surface area contributed by atoms with Crippen LogP contribution in [0.5, 0.6) is 0 Å². The number of carbonyl (C=O) groups excluding carboxylic acids is 2. The van der Waals surface area contributed by atoms with Gasteiger partial charge in [-0.1, -0.05) is 15.9 Å². The number of rotatable bonds is 3. The third kappa shape index (κ3) is 2.97. The molecule has 0 bridgehead atoms. The van der Waals surface area contributed by atoms with E-state index < -0.39 is 0 Å². The fourth-order valence-corrected chi connectivity index (χ4v) is 2.89. The number of nitrogens with zero attached hydrogens (tertiary/aromatic N) is 1. The summed E-state index contributed by atoms with van der Waals surface area (Å²) in [6.45, 7) is 2.68. The molecular weight excluding hydrogens is 308 g/mol. The quantitative estimate of drug-likeness (QED) is 0.868. The summed E-state index contributed by atoms with van der Waals surface area (Å²) in [5, 5.41) is 0. The van der Waals surface area contributed by atoms with Crippen molar-refractivity contribution in [1.82, 2.24) is 0 Å². The van der Waals surface area contributed by atoms with Crippen molar-refractivity contribution in [3.63, 3.8) is 0 Å². The first-order valence-corrected chi connectivity index (χ1v) is 7.13. The Labute approximate surface area is 121 Å². The monoisotopic (exact) mass is 324 g/mol. The number of amides is 1. The third-order valence-corrected chi connectivity index (χ3v) is 4.21. The van der Waals surface area contributed by atoms with E-state index >= 15 is 0 Å². The second-order valence-corrected chi connectivity index (χ2v) is 5.91. The Hall–Kier alpha value is -1.36. The van der Waals surface area contributed by atoms with Gasteiger partial charge in [-0.25, -0.2) is 0 Å². The van der Waals surface area contributed by atoms with Gasteiger partial charge in [0, 0.05) is 28.3 Å². The lowest BCUT2D eigenvalue weighted by molar-refractivity contribution is -0.122. The number of aldehydes is 1. The molecule has 2 unspecified atom stereocenters. The van der Waals surface area contributed by atoms with E-state index in [0.29, 0.717) is 18.2 Å². The number of hydrogen-bond acceptors (Lipinski definition) is 3. The minimum absolute atomic E-state index is 0.144. The molecule has 1 aliphatic rings. The highest BCUT2D eigenvalue weighted by atomic mass is 79.9. The molecule has 2 atom stereocenters. The van der Waals surface area contributed by atoms with Gasteiger partial charge in [0.1, 0.15) is 0 Å². The van der Waals surface area contributed by atoms with Crippen molar-refractivity contribution < 1.29 is 9.59 Å². The number of benzene rings is 1. The van der Waals surface area contributed by atoms with Crippen LogP contribution in [0.3, 0.4) is 0 Å². The Bertz CT molecular complexity index is 504. The van der Waals surface area contributed by atoms with Crippen LogP contribution < -0.4 is 10.6 Å². The molecule has 0 aromatic heterocycles. The molecular formula is C14H17BrN2O2. The molecule has 0 radical (unpaired) electrons. The van der Waals surface area contributed by atoms with Crippen molar-refractivity contribution >= 4 is 33.8 Å². The van der Waals surface area contributed by atoms with E-state index in [-0.39, 0.29) is 11.8 Å². The molecule has 0 aliphatic carbocycles. The molecule has 5 heteroatoms. The van der Waals surface area contributed by atoms with Gasteiger partial charge in [0.15, 0.2) is 6.29 Å². The molecule has 1 saturated heterocycles. The van der Waals surface area contributed by atoms with Crippen LogP contribution in [0.15, 0.2) is 22.7 Å². The molecule has 102 valence electrons. The van der Waals surface area contributed by atoms with Crippen LogP contribution in [-0.2, 0) is 4.79 Å². The normalized spacial score (nSPS) is 23.2. The topological polar surface area (TPSA) is 63.4 Å². The third-order valence-electron chi connectivity index (χ3n) is 3.71. The number of hydrogen-bond donors (Lipinski definition) is 1. The largest absolute Gasteiger partial charge is 0.369 e. The molecule has 1 aromatic rings. The summed E-state index contributed by atoms with van der Waals surface area (Å²) in [7, 11) is 0. The Morgan fingerprint density at radius 1 is 1.47 bits per heavy atom. The highest BCUT2D eigenvalue weighted by molar-refractivity contribution is 9.10. The highest BCUT2D eigenvalue weighted by Crippen LogP contribution is 2.31. The van der Waals surface area contributed by atoms with E-state index in [2.05, 4.69) is 27.8 Å². The van der Waals surface area contributed by atoms with Gasteiger partial charge in [-0.05, 0) is 38.0 Å². The SMILES string of the molecule is CC1CCC(C(N)=O)CN1c1cc(Br)ccc1C=O.